The lowest BCUT2D eigenvalue weighted by atomic mass is 10.0. The Kier molecular flexibility index (Phi) is 7.11. The van der Waals surface area contributed by atoms with Gasteiger partial charge in [0, 0.05) is 6.54 Å². The Morgan fingerprint density at radius 2 is 2.04 bits per heavy atom. The lowest BCUT2D eigenvalue weighted by molar-refractivity contribution is -0.128. The van der Waals surface area contributed by atoms with Gasteiger partial charge in [0.15, 0.2) is 0 Å². The number of nitrogens with one attached hydrogen (secondary N) is 1. The van der Waals surface area contributed by atoms with E-state index in [1.165, 1.54) is 0 Å². The molecule has 0 aliphatic carbocycles. The summed E-state index contributed by atoms with van der Waals surface area (Å²) in [4.78, 5) is 27.0. The molecule has 2 rings (SSSR count). The lowest BCUT2D eigenvalue weighted by Crippen LogP contribution is -2.53. The molecule has 0 aromatic heterocycles. The van der Waals surface area contributed by atoms with Crippen LogP contribution in [0.15, 0.2) is 24.3 Å². The van der Waals surface area contributed by atoms with Gasteiger partial charge in [-0.25, -0.2) is 4.79 Å². The summed E-state index contributed by atoms with van der Waals surface area (Å²) >= 11 is 0. The molecule has 1 aromatic carbocycles. The highest BCUT2D eigenvalue weighted by Gasteiger charge is 2.35. The fourth-order valence-corrected chi connectivity index (χ4v) is 3.18. The summed E-state index contributed by atoms with van der Waals surface area (Å²) in [6, 6.07) is 7.02. The predicted molar refractivity (Wildman–Crippen MR) is 105 cm³/mol. The number of nitrogens with zero attached hydrogens (tertiary/aromatic N) is 1. The van der Waals surface area contributed by atoms with Crippen molar-refractivity contribution in [2.45, 2.75) is 71.6 Å². The summed E-state index contributed by atoms with van der Waals surface area (Å²) in [5.74, 6) is 0.638. The van der Waals surface area contributed by atoms with Crippen molar-refractivity contribution in [2.24, 2.45) is 0 Å². The molecule has 0 saturated carbocycles. The van der Waals surface area contributed by atoms with Crippen LogP contribution in [0.5, 0.6) is 5.75 Å². The molecular formula is C21H32N2O4. The van der Waals surface area contributed by atoms with E-state index in [4.69, 9.17) is 9.47 Å². The molecule has 0 radical (unpaired) electrons. The predicted octanol–water partition coefficient (Wildman–Crippen LogP) is 4.05. The standard InChI is InChI=1S/C21H32N2O4/c1-6-26-17-11-9-10-16(14-17)15(2)22-19(24)18-12-7-8-13-23(18)20(25)27-21(3,4)5/h9-11,14-15,18H,6-8,12-13H2,1-5H3,(H,22,24)/t15-,18+/m0/s1. The summed E-state index contributed by atoms with van der Waals surface area (Å²) in [5.41, 5.74) is 0.386. The van der Waals surface area contributed by atoms with Gasteiger partial charge in [-0.15, -0.1) is 0 Å². The van der Waals surface area contributed by atoms with Gasteiger partial charge in [0.05, 0.1) is 12.6 Å². The van der Waals surface area contributed by atoms with Crippen LogP contribution in [0.1, 0.15) is 65.5 Å². The van der Waals surface area contributed by atoms with Gasteiger partial charge in [-0.1, -0.05) is 12.1 Å². The van der Waals surface area contributed by atoms with Crippen LogP contribution in [0.25, 0.3) is 0 Å². The van der Waals surface area contributed by atoms with E-state index >= 15 is 0 Å². The van der Waals surface area contributed by atoms with Crippen LogP contribution in [0.2, 0.25) is 0 Å². The Morgan fingerprint density at radius 3 is 2.70 bits per heavy atom. The molecule has 2 amide bonds. The molecule has 1 aliphatic rings. The van der Waals surface area contributed by atoms with Crippen LogP contribution in [-0.2, 0) is 9.53 Å². The van der Waals surface area contributed by atoms with Crippen molar-refractivity contribution in [1.82, 2.24) is 10.2 Å². The quantitative estimate of drug-likeness (QED) is 0.842. The maximum Gasteiger partial charge on any atom is 0.410 e. The number of hydrogen-bond donors (Lipinski definition) is 1. The average molecular weight is 376 g/mol. The Bertz CT molecular complexity index is 654. The minimum Gasteiger partial charge on any atom is -0.494 e. The lowest BCUT2D eigenvalue weighted by Gasteiger charge is -2.36. The first-order chi connectivity index (χ1) is 12.7. The average Bonchev–Trinajstić information content (AvgIpc) is 2.60. The van der Waals surface area contributed by atoms with Gasteiger partial charge in [-0.2, -0.15) is 0 Å². The van der Waals surface area contributed by atoms with Gasteiger partial charge in [0.25, 0.3) is 0 Å². The van der Waals surface area contributed by atoms with Crippen molar-refractivity contribution in [3.8, 4) is 5.75 Å². The molecule has 1 aromatic rings. The fraction of sp³-hybridized carbons (Fsp3) is 0.619. The van der Waals surface area contributed by atoms with Crippen molar-refractivity contribution in [3.63, 3.8) is 0 Å². The van der Waals surface area contributed by atoms with Crippen molar-refractivity contribution in [3.05, 3.63) is 29.8 Å². The third kappa shape index (κ3) is 6.15. The number of benzene rings is 1. The zero-order chi connectivity index (χ0) is 20.0. The molecule has 1 heterocycles. The molecule has 2 atom stereocenters. The number of hydrogen-bond acceptors (Lipinski definition) is 4. The first-order valence-corrected chi connectivity index (χ1v) is 9.74. The molecule has 27 heavy (non-hydrogen) atoms. The molecule has 1 aliphatic heterocycles. The molecule has 1 fully saturated rings. The first-order valence-electron chi connectivity index (χ1n) is 9.74. The van der Waals surface area contributed by atoms with Crippen LogP contribution in [0.3, 0.4) is 0 Å². The van der Waals surface area contributed by atoms with Crippen LogP contribution >= 0.6 is 0 Å². The molecule has 0 bridgehead atoms. The SMILES string of the molecule is CCOc1cccc([C@H](C)NC(=O)[C@H]2CCCCN2C(=O)OC(C)(C)C)c1. The number of carbonyl (C=O) groups excluding carboxylic acids is 2. The van der Waals surface area contributed by atoms with Crippen molar-refractivity contribution in [1.29, 1.82) is 0 Å². The van der Waals surface area contributed by atoms with Gasteiger partial charge >= 0.3 is 6.09 Å². The molecule has 6 heteroatoms. The third-order valence-corrected chi connectivity index (χ3v) is 4.46. The highest BCUT2D eigenvalue weighted by molar-refractivity contribution is 5.86. The molecule has 0 unspecified atom stereocenters. The van der Waals surface area contributed by atoms with E-state index in [1.54, 1.807) is 4.90 Å². The van der Waals surface area contributed by atoms with Gasteiger partial charge in [0.2, 0.25) is 5.91 Å². The van der Waals surface area contributed by atoms with Gasteiger partial charge in [-0.05, 0) is 71.6 Å². The number of rotatable bonds is 5. The minimum atomic E-state index is -0.581. The third-order valence-electron chi connectivity index (χ3n) is 4.46. The molecule has 0 spiro atoms. The summed E-state index contributed by atoms with van der Waals surface area (Å²) in [5, 5.41) is 3.04. The van der Waals surface area contributed by atoms with E-state index in [-0.39, 0.29) is 11.9 Å². The zero-order valence-corrected chi connectivity index (χ0v) is 17.1. The fourth-order valence-electron chi connectivity index (χ4n) is 3.18. The summed E-state index contributed by atoms with van der Waals surface area (Å²) in [7, 11) is 0. The smallest absolute Gasteiger partial charge is 0.410 e. The van der Waals surface area contributed by atoms with E-state index in [2.05, 4.69) is 5.32 Å². The topological polar surface area (TPSA) is 67.9 Å². The molecule has 1 saturated heterocycles. The molecular weight excluding hydrogens is 344 g/mol. The maximum absolute atomic E-state index is 12.9. The molecule has 6 nitrogen and oxygen atoms in total. The number of ether oxygens (including phenoxy) is 2. The zero-order valence-electron chi connectivity index (χ0n) is 17.1. The first kappa shape index (κ1) is 21.1. The highest BCUT2D eigenvalue weighted by Crippen LogP contribution is 2.23. The number of piperidine rings is 1. The van der Waals surface area contributed by atoms with E-state index in [1.807, 2.05) is 58.9 Å². The van der Waals surface area contributed by atoms with Gasteiger partial charge in [0.1, 0.15) is 17.4 Å². The Hall–Kier alpha value is -2.24. The Balaban J connectivity index is 2.05. The van der Waals surface area contributed by atoms with Crippen LogP contribution < -0.4 is 10.1 Å². The second-order valence-corrected chi connectivity index (χ2v) is 7.92. The van der Waals surface area contributed by atoms with E-state index in [0.29, 0.717) is 19.6 Å². The molecule has 1 N–H and O–H groups in total. The summed E-state index contributed by atoms with van der Waals surface area (Å²) < 4.78 is 11.0. The van der Waals surface area contributed by atoms with Crippen LogP contribution in [0, 0.1) is 0 Å². The number of carbonyl (C=O) groups is 2. The van der Waals surface area contributed by atoms with Crippen molar-refractivity contribution in [2.75, 3.05) is 13.2 Å². The Labute approximate surface area is 162 Å². The van der Waals surface area contributed by atoms with E-state index < -0.39 is 17.7 Å². The highest BCUT2D eigenvalue weighted by atomic mass is 16.6. The largest absolute Gasteiger partial charge is 0.494 e. The van der Waals surface area contributed by atoms with Crippen LogP contribution in [0.4, 0.5) is 4.79 Å². The molecule has 150 valence electrons. The second kappa shape index (κ2) is 9.11. The monoisotopic (exact) mass is 376 g/mol. The normalized spacial score (nSPS) is 18.6. The Morgan fingerprint density at radius 1 is 1.30 bits per heavy atom. The van der Waals surface area contributed by atoms with Gasteiger partial charge < -0.3 is 14.8 Å². The second-order valence-electron chi connectivity index (χ2n) is 7.92. The summed E-state index contributed by atoms with van der Waals surface area (Å²) in [6.45, 7) is 10.5. The minimum absolute atomic E-state index is 0.144. The van der Waals surface area contributed by atoms with Crippen molar-refractivity contribution >= 4 is 12.0 Å². The van der Waals surface area contributed by atoms with Crippen LogP contribution in [-0.4, -0.2) is 41.7 Å². The van der Waals surface area contributed by atoms with Crippen molar-refractivity contribution < 1.29 is 19.1 Å². The van der Waals surface area contributed by atoms with E-state index in [9.17, 15) is 9.59 Å². The number of likely N-dealkylation sites (tertiary alicyclic amines) is 1. The van der Waals surface area contributed by atoms with E-state index in [0.717, 1.165) is 24.2 Å². The van der Waals surface area contributed by atoms with Gasteiger partial charge in [-0.3, -0.25) is 9.69 Å². The maximum atomic E-state index is 12.9. The summed E-state index contributed by atoms with van der Waals surface area (Å²) in [6.07, 6.45) is 2.03. The number of amides is 2.